The number of aryl methyl sites for hydroxylation is 2. The van der Waals surface area contributed by atoms with Gasteiger partial charge in [0.2, 0.25) is 5.95 Å². The molecule has 1 aromatic heterocycles. The Kier molecular flexibility index (Phi) is 3.52. The van der Waals surface area contributed by atoms with Gasteiger partial charge in [-0.25, -0.2) is 4.98 Å². The normalized spacial score (nSPS) is 23.4. The molecule has 1 N–H and O–H groups in total. The van der Waals surface area contributed by atoms with Crippen molar-refractivity contribution in [2.75, 3.05) is 11.9 Å². The fourth-order valence-corrected chi connectivity index (χ4v) is 2.09. The number of anilines is 1. The van der Waals surface area contributed by atoms with Crippen molar-refractivity contribution in [2.45, 2.75) is 46.6 Å². The van der Waals surface area contributed by atoms with Gasteiger partial charge in [0.25, 0.3) is 0 Å². The summed E-state index contributed by atoms with van der Waals surface area (Å²) in [5.74, 6) is 2.84. The first-order valence-corrected chi connectivity index (χ1v) is 6.48. The van der Waals surface area contributed by atoms with E-state index in [1.807, 2.05) is 0 Å². The third-order valence-electron chi connectivity index (χ3n) is 3.45. The van der Waals surface area contributed by atoms with E-state index in [1.165, 1.54) is 19.3 Å². The summed E-state index contributed by atoms with van der Waals surface area (Å²) in [5.41, 5.74) is 1.11. The first-order valence-electron chi connectivity index (χ1n) is 6.48. The standard InChI is InChI=1S/C13H23N3/c1-4-5-6-16-9-11(3)15-13(16)14-8-12-7-10(12)2/h9-10,12H,4-8H2,1-3H3,(H,14,15). The van der Waals surface area contributed by atoms with Crippen LogP contribution >= 0.6 is 0 Å². The molecule has 1 fully saturated rings. The van der Waals surface area contributed by atoms with Crippen LogP contribution in [0.5, 0.6) is 0 Å². The Hall–Kier alpha value is -0.990. The van der Waals surface area contributed by atoms with E-state index in [1.54, 1.807) is 0 Å². The summed E-state index contributed by atoms with van der Waals surface area (Å²) in [6.07, 6.45) is 5.98. The van der Waals surface area contributed by atoms with Crippen molar-refractivity contribution in [2.24, 2.45) is 11.8 Å². The van der Waals surface area contributed by atoms with Crippen LogP contribution in [-0.2, 0) is 6.54 Å². The maximum Gasteiger partial charge on any atom is 0.203 e. The van der Waals surface area contributed by atoms with Crippen LogP contribution in [0.25, 0.3) is 0 Å². The Balaban J connectivity index is 1.90. The highest BCUT2D eigenvalue weighted by molar-refractivity contribution is 5.29. The van der Waals surface area contributed by atoms with E-state index in [9.17, 15) is 0 Å². The number of imidazole rings is 1. The fraction of sp³-hybridized carbons (Fsp3) is 0.769. The SMILES string of the molecule is CCCCn1cc(C)nc1NCC1CC1C. The Labute approximate surface area is 98.3 Å². The maximum atomic E-state index is 4.54. The average Bonchev–Trinajstić information content (AvgIpc) is 2.83. The summed E-state index contributed by atoms with van der Waals surface area (Å²) >= 11 is 0. The summed E-state index contributed by atoms with van der Waals surface area (Å²) in [6.45, 7) is 8.78. The van der Waals surface area contributed by atoms with Crippen molar-refractivity contribution in [1.82, 2.24) is 9.55 Å². The summed E-state index contributed by atoms with van der Waals surface area (Å²) in [4.78, 5) is 4.54. The van der Waals surface area contributed by atoms with Crippen molar-refractivity contribution < 1.29 is 0 Å². The number of unbranched alkanes of at least 4 members (excludes halogenated alkanes) is 1. The van der Waals surface area contributed by atoms with E-state index in [0.717, 1.165) is 36.6 Å². The first kappa shape index (κ1) is 11.5. The van der Waals surface area contributed by atoms with E-state index in [0.29, 0.717) is 0 Å². The molecule has 1 heterocycles. The van der Waals surface area contributed by atoms with Gasteiger partial charge in [-0.2, -0.15) is 0 Å². The quantitative estimate of drug-likeness (QED) is 0.800. The van der Waals surface area contributed by atoms with Crippen LogP contribution in [-0.4, -0.2) is 16.1 Å². The molecule has 1 aromatic rings. The third-order valence-corrected chi connectivity index (χ3v) is 3.45. The highest BCUT2D eigenvalue weighted by Crippen LogP contribution is 2.37. The number of nitrogens with zero attached hydrogens (tertiary/aromatic N) is 2. The van der Waals surface area contributed by atoms with Crippen LogP contribution in [0.2, 0.25) is 0 Å². The van der Waals surface area contributed by atoms with Gasteiger partial charge in [-0.1, -0.05) is 20.3 Å². The lowest BCUT2D eigenvalue weighted by Crippen LogP contribution is -2.10. The second kappa shape index (κ2) is 4.89. The van der Waals surface area contributed by atoms with Crippen LogP contribution in [0.1, 0.15) is 38.8 Å². The molecule has 0 spiro atoms. The molecular weight excluding hydrogens is 198 g/mol. The summed E-state index contributed by atoms with van der Waals surface area (Å²) in [5, 5.41) is 3.49. The molecule has 1 aliphatic carbocycles. The predicted molar refractivity (Wildman–Crippen MR) is 67.6 cm³/mol. The van der Waals surface area contributed by atoms with Crippen LogP contribution in [0.15, 0.2) is 6.20 Å². The molecule has 1 aliphatic rings. The fourth-order valence-electron chi connectivity index (χ4n) is 2.09. The van der Waals surface area contributed by atoms with Gasteiger partial charge in [0.1, 0.15) is 0 Å². The molecule has 3 nitrogen and oxygen atoms in total. The Morgan fingerprint density at radius 2 is 2.31 bits per heavy atom. The van der Waals surface area contributed by atoms with Crippen LogP contribution < -0.4 is 5.32 Å². The minimum atomic E-state index is 0.872. The van der Waals surface area contributed by atoms with Gasteiger partial charge >= 0.3 is 0 Å². The largest absolute Gasteiger partial charge is 0.355 e. The minimum Gasteiger partial charge on any atom is -0.355 e. The van der Waals surface area contributed by atoms with Crippen LogP contribution in [0.3, 0.4) is 0 Å². The molecule has 0 amide bonds. The zero-order valence-corrected chi connectivity index (χ0v) is 10.7. The second-order valence-corrected chi connectivity index (χ2v) is 5.11. The molecule has 16 heavy (non-hydrogen) atoms. The monoisotopic (exact) mass is 221 g/mol. The Morgan fingerprint density at radius 1 is 1.56 bits per heavy atom. The van der Waals surface area contributed by atoms with Crippen LogP contribution in [0, 0.1) is 18.8 Å². The molecule has 0 bridgehead atoms. The van der Waals surface area contributed by atoms with Gasteiger partial charge in [0, 0.05) is 19.3 Å². The van der Waals surface area contributed by atoms with Gasteiger partial charge in [-0.15, -0.1) is 0 Å². The summed E-state index contributed by atoms with van der Waals surface area (Å²) < 4.78 is 2.26. The highest BCUT2D eigenvalue weighted by atomic mass is 15.2. The van der Waals surface area contributed by atoms with Crippen molar-refractivity contribution in [3.63, 3.8) is 0 Å². The smallest absolute Gasteiger partial charge is 0.203 e. The number of hydrogen-bond acceptors (Lipinski definition) is 2. The first-order chi connectivity index (χ1) is 7.70. The molecule has 90 valence electrons. The van der Waals surface area contributed by atoms with E-state index in [-0.39, 0.29) is 0 Å². The van der Waals surface area contributed by atoms with Gasteiger partial charge in [0.05, 0.1) is 5.69 Å². The van der Waals surface area contributed by atoms with E-state index >= 15 is 0 Å². The molecule has 1 saturated carbocycles. The van der Waals surface area contributed by atoms with Crippen molar-refractivity contribution in [3.05, 3.63) is 11.9 Å². The number of rotatable bonds is 6. The van der Waals surface area contributed by atoms with E-state index < -0.39 is 0 Å². The van der Waals surface area contributed by atoms with Crippen molar-refractivity contribution in [3.8, 4) is 0 Å². The average molecular weight is 221 g/mol. The second-order valence-electron chi connectivity index (χ2n) is 5.11. The zero-order valence-electron chi connectivity index (χ0n) is 10.7. The topological polar surface area (TPSA) is 29.9 Å². The molecule has 2 unspecified atom stereocenters. The van der Waals surface area contributed by atoms with Gasteiger partial charge in [0.15, 0.2) is 0 Å². The maximum absolute atomic E-state index is 4.54. The molecule has 0 aromatic carbocycles. The lowest BCUT2D eigenvalue weighted by atomic mass is 10.3. The number of nitrogens with one attached hydrogen (secondary N) is 1. The summed E-state index contributed by atoms with van der Waals surface area (Å²) in [6, 6.07) is 0. The Morgan fingerprint density at radius 3 is 2.94 bits per heavy atom. The molecule has 2 atom stereocenters. The van der Waals surface area contributed by atoms with E-state index in [2.05, 4.69) is 41.8 Å². The van der Waals surface area contributed by atoms with Crippen molar-refractivity contribution in [1.29, 1.82) is 0 Å². The molecule has 2 rings (SSSR count). The molecular formula is C13H23N3. The molecule has 0 aliphatic heterocycles. The van der Waals surface area contributed by atoms with Gasteiger partial charge in [-0.05, 0) is 31.6 Å². The zero-order chi connectivity index (χ0) is 11.5. The molecule has 0 radical (unpaired) electrons. The highest BCUT2D eigenvalue weighted by Gasteiger charge is 2.32. The van der Waals surface area contributed by atoms with Crippen molar-refractivity contribution >= 4 is 5.95 Å². The van der Waals surface area contributed by atoms with E-state index in [4.69, 9.17) is 0 Å². The predicted octanol–water partition coefficient (Wildman–Crippen LogP) is 3.06. The minimum absolute atomic E-state index is 0.872. The Bertz CT molecular complexity index is 343. The van der Waals surface area contributed by atoms with Gasteiger partial charge in [-0.3, -0.25) is 0 Å². The molecule has 0 saturated heterocycles. The number of hydrogen-bond donors (Lipinski definition) is 1. The lowest BCUT2D eigenvalue weighted by molar-refractivity contribution is 0.632. The summed E-state index contributed by atoms with van der Waals surface area (Å²) in [7, 11) is 0. The van der Waals surface area contributed by atoms with Gasteiger partial charge < -0.3 is 9.88 Å². The number of aromatic nitrogens is 2. The molecule has 3 heteroatoms. The third kappa shape index (κ3) is 2.77. The lowest BCUT2D eigenvalue weighted by Gasteiger charge is -2.08. The van der Waals surface area contributed by atoms with Crippen LogP contribution in [0.4, 0.5) is 5.95 Å².